The SMILES string of the molecule is CC(C)C1=C2C3CCC4C(C)(CCC5C(C)(C)C(OC(=O)CC(C)(C)C(=O)O)CCC54C)C3CCC2(NC(=O)c2ccncn2)CC1=O. The second-order valence-electron chi connectivity index (χ2n) is 17.9. The van der Waals surface area contributed by atoms with Gasteiger partial charge in [0.2, 0.25) is 0 Å². The molecule has 5 aliphatic carbocycles. The summed E-state index contributed by atoms with van der Waals surface area (Å²) in [6, 6.07) is 1.63. The van der Waals surface area contributed by atoms with Crippen molar-refractivity contribution in [1.82, 2.24) is 15.3 Å². The summed E-state index contributed by atoms with van der Waals surface area (Å²) in [6.07, 6.45) is 10.5. The van der Waals surface area contributed by atoms with E-state index in [9.17, 15) is 24.3 Å². The Hall–Kier alpha value is -3.10. The number of ketones is 1. The summed E-state index contributed by atoms with van der Waals surface area (Å²) in [5.74, 6) is 0.122. The molecule has 1 amide bonds. The fourth-order valence-corrected chi connectivity index (χ4v) is 12.0. The number of rotatable bonds is 7. The van der Waals surface area contributed by atoms with Crippen molar-refractivity contribution in [1.29, 1.82) is 0 Å². The molecule has 9 nitrogen and oxygen atoms in total. The molecule has 48 heavy (non-hydrogen) atoms. The smallest absolute Gasteiger partial charge is 0.309 e. The summed E-state index contributed by atoms with van der Waals surface area (Å²) >= 11 is 0. The van der Waals surface area contributed by atoms with Crippen LogP contribution in [0.4, 0.5) is 0 Å². The van der Waals surface area contributed by atoms with Crippen molar-refractivity contribution in [3.8, 4) is 0 Å². The average Bonchev–Trinajstić information content (AvgIpc) is 3.30. The van der Waals surface area contributed by atoms with E-state index in [-0.39, 0.29) is 52.3 Å². The number of Topliss-reactive ketones (excluding diaryl/α,β-unsaturated/α-hetero) is 1. The van der Waals surface area contributed by atoms with Crippen LogP contribution in [0.3, 0.4) is 0 Å². The first-order chi connectivity index (χ1) is 22.4. The molecular formula is C39H55N3O6. The third kappa shape index (κ3) is 5.33. The van der Waals surface area contributed by atoms with E-state index in [0.717, 1.165) is 56.9 Å². The molecule has 2 N–H and O–H groups in total. The molecule has 1 heterocycles. The van der Waals surface area contributed by atoms with Gasteiger partial charge < -0.3 is 15.2 Å². The van der Waals surface area contributed by atoms with Crippen LogP contribution >= 0.6 is 0 Å². The molecule has 0 aliphatic heterocycles. The quantitative estimate of drug-likeness (QED) is 0.300. The van der Waals surface area contributed by atoms with Crippen LogP contribution in [0.1, 0.15) is 130 Å². The number of nitrogens with one attached hydrogen (secondary N) is 1. The van der Waals surface area contributed by atoms with Crippen molar-refractivity contribution in [2.24, 2.45) is 51.2 Å². The van der Waals surface area contributed by atoms with E-state index in [1.165, 1.54) is 11.9 Å². The number of aromatic nitrogens is 2. The highest BCUT2D eigenvalue weighted by Gasteiger charge is 2.67. The molecule has 0 aromatic carbocycles. The Kier molecular flexibility index (Phi) is 8.51. The Bertz CT molecular complexity index is 1530. The van der Waals surface area contributed by atoms with Gasteiger partial charge in [0.05, 0.1) is 17.4 Å². The third-order valence-corrected chi connectivity index (χ3v) is 14.1. The molecular weight excluding hydrogens is 606 g/mol. The highest BCUT2D eigenvalue weighted by Crippen LogP contribution is 2.72. The zero-order valence-corrected chi connectivity index (χ0v) is 30.2. The summed E-state index contributed by atoms with van der Waals surface area (Å²) in [5, 5.41) is 12.9. The number of ether oxygens (including phenoxy) is 1. The molecule has 0 bridgehead atoms. The Balaban J connectivity index is 1.27. The van der Waals surface area contributed by atoms with E-state index in [4.69, 9.17) is 4.74 Å². The van der Waals surface area contributed by atoms with E-state index in [0.29, 0.717) is 29.9 Å². The lowest BCUT2D eigenvalue weighted by atomic mass is 9.37. The van der Waals surface area contributed by atoms with Gasteiger partial charge in [-0.1, -0.05) is 41.5 Å². The van der Waals surface area contributed by atoms with E-state index < -0.39 is 22.9 Å². The minimum Gasteiger partial charge on any atom is -0.481 e. The van der Waals surface area contributed by atoms with Crippen molar-refractivity contribution in [2.75, 3.05) is 0 Å². The summed E-state index contributed by atoms with van der Waals surface area (Å²) in [7, 11) is 0. The minimum atomic E-state index is -1.17. The van der Waals surface area contributed by atoms with E-state index >= 15 is 0 Å². The monoisotopic (exact) mass is 661 g/mol. The second kappa shape index (κ2) is 11.8. The number of aliphatic carboxylic acids is 1. The lowest BCUT2D eigenvalue weighted by molar-refractivity contribution is -0.213. The number of hydrogen-bond donors (Lipinski definition) is 2. The van der Waals surface area contributed by atoms with Gasteiger partial charge in [-0.3, -0.25) is 19.2 Å². The van der Waals surface area contributed by atoms with Gasteiger partial charge in [0.1, 0.15) is 18.1 Å². The Labute approximate surface area is 285 Å². The van der Waals surface area contributed by atoms with Gasteiger partial charge in [0.15, 0.2) is 5.78 Å². The van der Waals surface area contributed by atoms with Crippen molar-refractivity contribution in [3.63, 3.8) is 0 Å². The van der Waals surface area contributed by atoms with Gasteiger partial charge >= 0.3 is 11.9 Å². The van der Waals surface area contributed by atoms with Gasteiger partial charge in [0.25, 0.3) is 5.91 Å². The highest BCUT2D eigenvalue weighted by atomic mass is 16.5. The number of nitrogens with zero attached hydrogens (tertiary/aromatic N) is 2. The minimum absolute atomic E-state index is 0.0707. The highest BCUT2D eigenvalue weighted by molar-refractivity contribution is 6.03. The summed E-state index contributed by atoms with van der Waals surface area (Å²) in [6.45, 7) is 16.9. The normalized spacial score (nSPS) is 37.2. The topological polar surface area (TPSA) is 136 Å². The number of carbonyl (C=O) groups excluding carboxylic acids is 3. The molecule has 1 aromatic rings. The van der Waals surface area contributed by atoms with Gasteiger partial charge in [-0.2, -0.15) is 0 Å². The Morgan fingerprint density at radius 1 is 1.00 bits per heavy atom. The average molecular weight is 662 g/mol. The third-order valence-electron chi connectivity index (χ3n) is 14.1. The number of carboxylic acids is 1. The maximum absolute atomic E-state index is 13.8. The molecule has 9 heteroatoms. The molecule has 1 aromatic heterocycles. The van der Waals surface area contributed by atoms with Gasteiger partial charge in [-0.05, 0) is 123 Å². The predicted molar refractivity (Wildman–Crippen MR) is 181 cm³/mol. The van der Waals surface area contributed by atoms with Crippen LogP contribution in [0.2, 0.25) is 0 Å². The number of hydrogen-bond acceptors (Lipinski definition) is 7. The second-order valence-corrected chi connectivity index (χ2v) is 17.9. The molecule has 262 valence electrons. The number of fused-ring (bicyclic) bond motifs is 7. The lowest BCUT2D eigenvalue weighted by Crippen LogP contribution is -2.64. The van der Waals surface area contributed by atoms with E-state index in [1.807, 2.05) is 0 Å². The first-order valence-electron chi connectivity index (χ1n) is 18.2. The van der Waals surface area contributed by atoms with Gasteiger partial charge in [-0.15, -0.1) is 0 Å². The maximum atomic E-state index is 13.8. The fraction of sp³-hybridized carbons (Fsp3) is 0.744. The van der Waals surface area contributed by atoms with Crippen LogP contribution < -0.4 is 5.32 Å². The summed E-state index contributed by atoms with van der Waals surface area (Å²) in [4.78, 5) is 60.2. The standard InChI is InChI=1S/C39H55N3O6/c1-22(2)31-26(43)19-39(42-33(45)25-14-18-40-21-41-25)17-11-24-23(32(31)39)9-10-28-37(24,7)15-12-27-36(5,6)29(13-16-38(27,28)8)48-30(44)20-35(3,4)34(46)47/h14,18,21-24,27-29H,9-13,15-17,19-20H2,1-8H3,(H,42,45)(H,46,47). The van der Waals surface area contributed by atoms with Crippen LogP contribution in [-0.4, -0.2) is 50.3 Å². The number of carbonyl (C=O) groups is 4. The van der Waals surface area contributed by atoms with Gasteiger partial charge in [0, 0.05) is 18.0 Å². The lowest BCUT2D eigenvalue weighted by Gasteiger charge is -2.68. The predicted octanol–water partition coefficient (Wildman–Crippen LogP) is 6.96. The van der Waals surface area contributed by atoms with Crippen molar-refractivity contribution >= 4 is 23.6 Å². The molecule has 6 rings (SSSR count). The molecule has 4 saturated carbocycles. The number of esters is 1. The number of allylic oxidation sites excluding steroid dienone is 1. The zero-order valence-electron chi connectivity index (χ0n) is 30.2. The molecule has 5 aliphatic rings. The molecule has 8 atom stereocenters. The fourth-order valence-electron chi connectivity index (χ4n) is 12.0. The van der Waals surface area contributed by atoms with E-state index in [2.05, 4.69) is 56.8 Å². The van der Waals surface area contributed by atoms with Gasteiger partial charge in [-0.25, -0.2) is 9.97 Å². The Morgan fingerprint density at radius 2 is 1.71 bits per heavy atom. The van der Waals surface area contributed by atoms with Crippen LogP contribution in [-0.2, 0) is 19.1 Å². The van der Waals surface area contributed by atoms with Crippen LogP contribution in [0, 0.1) is 51.2 Å². The van der Waals surface area contributed by atoms with Crippen molar-refractivity contribution in [2.45, 2.75) is 131 Å². The van der Waals surface area contributed by atoms with Crippen molar-refractivity contribution < 1.29 is 29.0 Å². The first-order valence-corrected chi connectivity index (χ1v) is 18.2. The van der Waals surface area contributed by atoms with Crippen molar-refractivity contribution in [3.05, 3.63) is 35.4 Å². The largest absolute Gasteiger partial charge is 0.481 e. The molecule has 0 spiro atoms. The number of amides is 1. The maximum Gasteiger partial charge on any atom is 0.309 e. The molecule has 0 saturated heterocycles. The number of carboxylic acid groups (broad SMARTS) is 1. The summed E-state index contributed by atoms with van der Waals surface area (Å²) in [5.41, 5.74) is 0.542. The van der Waals surface area contributed by atoms with Crippen LogP contribution in [0.5, 0.6) is 0 Å². The molecule has 8 unspecified atom stereocenters. The summed E-state index contributed by atoms with van der Waals surface area (Å²) < 4.78 is 6.12. The molecule has 4 fully saturated rings. The van der Waals surface area contributed by atoms with E-state index in [1.54, 1.807) is 26.1 Å². The zero-order chi connectivity index (χ0) is 35.0. The Morgan fingerprint density at radius 3 is 2.35 bits per heavy atom. The van der Waals surface area contributed by atoms with Crippen LogP contribution in [0.25, 0.3) is 0 Å². The first kappa shape index (κ1) is 34.8. The van der Waals surface area contributed by atoms with Crippen LogP contribution in [0.15, 0.2) is 29.7 Å². The molecule has 0 radical (unpaired) electrons.